The van der Waals surface area contributed by atoms with E-state index in [0.717, 1.165) is 19.4 Å². The second kappa shape index (κ2) is 6.95. The summed E-state index contributed by atoms with van der Waals surface area (Å²) in [6.45, 7) is 4.46. The lowest BCUT2D eigenvalue weighted by Gasteiger charge is -2.22. The van der Waals surface area contributed by atoms with Gasteiger partial charge in [-0.3, -0.25) is 4.79 Å². The summed E-state index contributed by atoms with van der Waals surface area (Å²) in [6.07, 6.45) is 1.58. The molecule has 1 aliphatic rings. The Morgan fingerprint density at radius 3 is 2.95 bits per heavy atom. The highest BCUT2D eigenvalue weighted by molar-refractivity contribution is 6.30. The molecule has 1 N–H and O–H groups in total. The lowest BCUT2D eigenvalue weighted by Crippen LogP contribution is -2.46. The average Bonchev–Trinajstić information content (AvgIpc) is 2.92. The molecule has 1 aromatic carbocycles. The molecule has 1 amide bonds. The van der Waals surface area contributed by atoms with Crippen LogP contribution in [-0.4, -0.2) is 30.8 Å². The molecule has 2 rings (SSSR count). The van der Waals surface area contributed by atoms with Gasteiger partial charge in [-0.25, -0.2) is 0 Å². The van der Waals surface area contributed by atoms with Crippen molar-refractivity contribution in [1.82, 2.24) is 5.32 Å². The number of hydrogen-bond donors (Lipinski definition) is 1. The third kappa shape index (κ3) is 4.12. The van der Waals surface area contributed by atoms with Crippen LogP contribution in [0.1, 0.15) is 26.7 Å². The smallest absolute Gasteiger partial charge is 0.261 e. The van der Waals surface area contributed by atoms with Gasteiger partial charge < -0.3 is 14.8 Å². The Morgan fingerprint density at radius 2 is 2.30 bits per heavy atom. The van der Waals surface area contributed by atoms with Crippen molar-refractivity contribution in [1.29, 1.82) is 0 Å². The molecule has 1 fully saturated rings. The summed E-state index contributed by atoms with van der Waals surface area (Å²) >= 11 is 5.88. The summed E-state index contributed by atoms with van der Waals surface area (Å²) in [6, 6.07) is 7.01. The van der Waals surface area contributed by atoms with Crippen LogP contribution in [0.3, 0.4) is 0 Å². The first-order valence-corrected chi connectivity index (χ1v) is 7.28. The van der Waals surface area contributed by atoms with Gasteiger partial charge in [0, 0.05) is 11.6 Å². The Balaban J connectivity index is 1.85. The summed E-state index contributed by atoms with van der Waals surface area (Å²) in [5, 5.41) is 3.52. The van der Waals surface area contributed by atoms with Crippen LogP contribution in [-0.2, 0) is 9.53 Å². The third-order valence-electron chi connectivity index (χ3n) is 3.37. The highest BCUT2D eigenvalue weighted by atomic mass is 35.5. The van der Waals surface area contributed by atoms with Gasteiger partial charge in [-0.2, -0.15) is 0 Å². The molecule has 110 valence electrons. The van der Waals surface area contributed by atoms with Crippen molar-refractivity contribution in [3.05, 3.63) is 29.3 Å². The molecule has 5 heteroatoms. The van der Waals surface area contributed by atoms with Crippen LogP contribution in [0.4, 0.5) is 0 Å². The molecule has 4 nitrogen and oxygen atoms in total. The summed E-state index contributed by atoms with van der Waals surface area (Å²) in [5.41, 5.74) is 0. The van der Waals surface area contributed by atoms with Crippen molar-refractivity contribution in [3.63, 3.8) is 0 Å². The van der Waals surface area contributed by atoms with E-state index in [1.54, 1.807) is 31.2 Å². The van der Waals surface area contributed by atoms with Crippen LogP contribution in [0.15, 0.2) is 24.3 Å². The van der Waals surface area contributed by atoms with E-state index in [1.165, 1.54) is 0 Å². The fraction of sp³-hybridized carbons (Fsp3) is 0.533. The van der Waals surface area contributed by atoms with Gasteiger partial charge in [0.25, 0.3) is 5.91 Å². The fourth-order valence-electron chi connectivity index (χ4n) is 2.23. The third-order valence-corrected chi connectivity index (χ3v) is 3.61. The van der Waals surface area contributed by atoms with Gasteiger partial charge in [0.05, 0.1) is 12.1 Å². The normalized spacial score (nSPS) is 21.2. The van der Waals surface area contributed by atoms with Gasteiger partial charge in [-0.05, 0) is 44.9 Å². The van der Waals surface area contributed by atoms with Gasteiger partial charge in [0.2, 0.25) is 0 Å². The zero-order valence-electron chi connectivity index (χ0n) is 11.8. The topological polar surface area (TPSA) is 47.6 Å². The highest BCUT2D eigenvalue weighted by Gasteiger charge is 2.25. The SMILES string of the molecule is C[C@H](Oc1cccc(Cl)c1)C(=O)N[C@@H](C)[C@@H]1CCCO1. The molecule has 1 saturated heterocycles. The molecule has 3 atom stereocenters. The van der Waals surface area contributed by atoms with Gasteiger partial charge >= 0.3 is 0 Å². The van der Waals surface area contributed by atoms with Gasteiger partial charge in [-0.15, -0.1) is 0 Å². The Labute approximate surface area is 124 Å². The Morgan fingerprint density at radius 1 is 1.50 bits per heavy atom. The molecule has 20 heavy (non-hydrogen) atoms. The molecule has 1 heterocycles. The number of nitrogens with one attached hydrogen (secondary N) is 1. The van der Waals surface area contributed by atoms with Gasteiger partial charge in [-0.1, -0.05) is 17.7 Å². The Bertz CT molecular complexity index is 460. The zero-order valence-corrected chi connectivity index (χ0v) is 12.5. The predicted octanol–water partition coefficient (Wildman–Crippen LogP) is 2.79. The van der Waals surface area contributed by atoms with Crippen molar-refractivity contribution in [2.24, 2.45) is 0 Å². The number of hydrogen-bond acceptors (Lipinski definition) is 3. The molecule has 1 aliphatic heterocycles. The Hall–Kier alpha value is -1.26. The second-order valence-electron chi connectivity index (χ2n) is 5.07. The minimum atomic E-state index is -0.572. The van der Waals surface area contributed by atoms with Crippen LogP contribution < -0.4 is 10.1 Å². The number of amides is 1. The van der Waals surface area contributed by atoms with Crippen molar-refractivity contribution >= 4 is 17.5 Å². The van der Waals surface area contributed by atoms with E-state index in [0.29, 0.717) is 10.8 Å². The van der Waals surface area contributed by atoms with Crippen LogP contribution >= 0.6 is 11.6 Å². The van der Waals surface area contributed by atoms with E-state index in [1.807, 2.05) is 6.92 Å². The second-order valence-corrected chi connectivity index (χ2v) is 5.50. The summed E-state index contributed by atoms with van der Waals surface area (Å²) < 4.78 is 11.1. The predicted molar refractivity (Wildman–Crippen MR) is 78.1 cm³/mol. The van der Waals surface area contributed by atoms with E-state index < -0.39 is 6.10 Å². The first-order valence-electron chi connectivity index (χ1n) is 6.90. The van der Waals surface area contributed by atoms with E-state index in [9.17, 15) is 4.79 Å². The molecule has 0 radical (unpaired) electrons. The number of carbonyl (C=O) groups excluding carboxylic acids is 1. The molecule has 0 aromatic heterocycles. The Kier molecular flexibility index (Phi) is 5.26. The molecule has 0 spiro atoms. The maximum Gasteiger partial charge on any atom is 0.261 e. The lowest BCUT2D eigenvalue weighted by molar-refractivity contribution is -0.128. The van der Waals surface area contributed by atoms with Crippen molar-refractivity contribution in [2.45, 2.75) is 44.9 Å². The van der Waals surface area contributed by atoms with Crippen molar-refractivity contribution < 1.29 is 14.3 Å². The van der Waals surface area contributed by atoms with Crippen LogP contribution in [0.2, 0.25) is 5.02 Å². The molecule has 0 bridgehead atoms. The molecule has 0 saturated carbocycles. The highest BCUT2D eigenvalue weighted by Crippen LogP contribution is 2.19. The minimum absolute atomic E-state index is 0.00425. The lowest BCUT2D eigenvalue weighted by atomic mass is 10.1. The van der Waals surface area contributed by atoms with E-state index >= 15 is 0 Å². The van der Waals surface area contributed by atoms with E-state index in [-0.39, 0.29) is 18.1 Å². The summed E-state index contributed by atoms with van der Waals surface area (Å²) in [4.78, 5) is 12.1. The van der Waals surface area contributed by atoms with Crippen LogP contribution in [0.25, 0.3) is 0 Å². The molecular formula is C15H20ClNO3. The number of rotatable bonds is 5. The quantitative estimate of drug-likeness (QED) is 0.909. The molecule has 1 aromatic rings. The molecule has 0 unspecified atom stereocenters. The zero-order chi connectivity index (χ0) is 14.5. The first kappa shape index (κ1) is 15.1. The minimum Gasteiger partial charge on any atom is -0.481 e. The standard InChI is InChI=1S/C15H20ClNO3/c1-10(14-7-4-8-19-14)17-15(18)11(2)20-13-6-3-5-12(16)9-13/h3,5-6,9-11,14H,4,7-8H2,1-2H3,(H,17,18)/t10-,11-,14-/m0/s1. The number of ether oxygens (including phenoxy) is 2. The van der Waals surface area contributed by atoms with Crippen molar-refractivity contribution in [3.8, 4) is 5.75 Å². The number of halogens is 1. The van der Waals surface area contributed by atoms with Crippen LogP contribution in [0.5, 0.6) is 5.75 Å². The molecular weight excluding hydrogens is 278 g/mol. The molecule has 0 aliphatic carbocycles. The van der Waals surface area contributed by atoms with Gasteiger partial charge in [0.1, 0.15) is 5.75 Å². The van der Waals surface area contributed by atoms with E-state index in [2.05, 4.69) is 5.32 Å². The first-order chi connectivity index (χ1) is 9.56. The fourth-order valence-corrected chi connectivity index (χ4v) is 2.41. The number of carbonyl (C=O) groups is 1. The largest absolute Gasteiger partial charge is 0.481 e. The average molecular weight is 298 g/mol. The van der Waals surface area contributed by atoms with Crippen molar-refractivity contribution in [2.75, 3.05) is 6.61 Å². The van der Waals surface area contributed by atoms with E-state index in [4.69, 9.17) is 21.1 Å². The maximum absolute atomic E-state index is 12.1. The van der Waals surface area contributed by atoms with Gasteiger partial charge in [0.15, 0.2) is 6.10 Å². The summed E-state index contributed by atoms with van der Waals surface area (Å²) in [7, 11) is 0. The maximum atomic E-state index is 12.1. The number of benzene rings is 1. The van der Waals surface area contributed by atoms with Crippen LogP contribution in [0, 0.1) is 0 Å². The summed E-state index contributed by atoms with van der Waals surface area (Å²) in [5.74, 6) is 0.442. The monoisotopic (exact) mass is 297 g/mol.